The maximum Gasteiger partial charge on any atom is 0.292 e. The molecule has 0 spiro atoms. The Balaban J connectivity index is 1.68. The van der Waals surface area contributed by atoms with Crippen LogP contribution in [0.2, 0.25) is 0 Å². The highest BCUT2D eigenvalue weighted by molar-refractivity contribution is 5.92. The summed E-state index contributed by atoms with van der Waals surface area (Å²) < 4.78 is 7.40. The maximum absolute atomic E-state index is 13.1. The van der Waals surface area contributed by atoms with Crippen molar-refractivity contribution >= 4 is 11.7 Å². The molecule has 3 heterocycles. The first-order chi connectivity index (χ1) is 11.5. The van der Waals surface area contributed by atoms with E-state index in [2.05, 4.69) is 15.2 Å². The van der Waals surface area contributed by atoms with Crippen LogP contribution in [-0.2, 0) is 4.74 Å². The van der Waals surface area contributed by atoms with Gasteiger partial charge in [-0.1, -0.05) is 0 Å². The number of hydrogen-bond acceptors (Lipinski definition) is 6. The van der Waals surface area contributed by atoms with Crippen molar-refractivity contribution in [2.45, 2.75) is 50.4 Å². The van der Waals surface area contributed by atoms with E-state index < -0.39 is 6.10 Å². The van der Waals surface area contributed by atoms with Crippen LogP contribution in [0.25, 0.3) is 5.78 Å². The molecule has 0 radical (unpaired) electrons. The Morgan fingerprint density at radius 2 is 2.25 bits per heavy atom. The fourth-order valence-corrected chi connectivity index (χ4v) is 4.07. The smallest absolute Gasteiger partial charge is 0.292 e. The third kappa shape index (κ3) is 2.21. The highest BCUT2D eigenvalue weighted by Gasteiger charge is 2.52. The van der Waals surface area contributed by atoms with Gasteiger partial charge in [-0.25, -0.2) is 4.98 Å². The lowest BCUT2D eigenvalue weighted by Gasteiger charge is -2.42. The number of aliphatic hydroxyl groups excluding tert-OH is 1. The molecule has 128 valence electrons. The lowest BCUT2D eigenvalue weighted by Crippen LogP contribution is -2.53. The quantitative estimate of drug-likeness (QED) is 0.865. The van der Waals surface area contributed by atoms with Gasteiger partial charge in [0.05, 0.1) is 17.7 Å². The Labute approximate surface area is 139 Å². The second kappa shape index (κ2) is 5.49. The number of hydrogen-bond donors (Lipinski definition) is 1. The fourth-order valence-electron chi connectivity index (χ4n) is 4.07. The van der Waals surface area contributed by atoms with Gasteiger partial charge in [0.25, 0.3) is 11.7 Å². The Hall–Kier alpha value is -2.06. The molecule has 0 bridgehead atoms. The van der Waals surface area contributed by atoms with E-state index in [1.54, 1.807) is 22.6 Å². The normalized spacial score (nSPS) is 29.9. The molecule has 1 aliphatic carbocycles. The number of carbonyl (C=O) groups is 1. The van der Waals surface area contributed by atoms with Gasteiger partial charge >= 0.3 is 0 Å². The SMILES string of the molecule is CO[C@@]12CC[C@H](O)C[C@@H]1N(C(=O)c1nnc3nc(C)ccn13)CC2. The van der Waals surface area contributed by atoms with Gasteiger partial charge in [0.15, 0.2) is 0 Å². The van der Waals surface area contributed by atoms with E-state index in [0.717, 1.165) is 18.5 Å². The summed E-state index contributed by atoms with van der Waals surface area (Å²) in [5.74, 6) is 0.481. The van der Waals surface area contributed by atoms with Crippen LogP contribution in [0.15, 0.2) is 12.3 Å². The molecule has 2 aromatic rings. The van der Waals surface area contributed by atoms with E-state index in [9.17, 15) is 9.90 Å². The zero-order valence-electron chi connectivity index (χ0n) is 13.8. The van der Waals surface area contributed by atoms with Gasteiger partial charge in [-0.3, -0.25) is 9.20 Å². The number of aromatic nitrogens is 4. The molecule has 8 heteroatoms. The minimum atomic E-state index is -0.397. The van der Waals surface area contributed by atoms with E-state index in [-0.39, 0.29) is 23.4 Å². The number of nitrogens with zero attached hydrogens (tertiary/aromatic N) is 5. The van der Waals surface area contributed by atoms with Crippen LogP contribution in [0.5, 0.6) is 0 Å². The lowest BCUT2D eigenvalue weighted by atomic mass is 9.79. The van der Waals surface area contributed by atoms with Crippen LogP contribution >= 0.6 is 0 Å². The van der Waals surface area contributed by atoms with Crippen molar-refractivity contribution in [2.75, 3.05) is 13.7 Å². The molecule has 1 saturated heterocycles. The molecule has 24 heavy (non-hydrogen) atoms. The molecule has 0 aromatic carbocycles. The maximum atomic E-state index is 13.1. The van der Waals surface area contributed by atoms with Crippen molar-refractivity contribution in [3.63, 3.8) is 0 Å². The van der Waals surface area contributed by atoms with E-state index in [4.69, 9.17) is 4.74 Å². The summed E-state index contributed by atoms with van der Waals surface area (Å²) >= 11 is 0. The standard InChI is InChI=1S/C16H21N5O3/c1-10-4-7-21-13(18-19-15(21)17-10)14(23)20-8-6-16(24-2)5-3-11(22)9-12(16)20/h4,7,11-12,22H,3,5-6,8-9H2,1-2H3/t11-,12-,16+/m0/s1. The summed E-state index contributed by atoms with van der Waals surface area (Å²) in [5, 5.41) is 18.1. The van der Waals surface area contributed by atoms with Crippen molar-refractivity contribution < 1.29 is 14.6 Å². The highest BCUT2D eigenvalue weighted by atomic mass is 16.5. The lowest BCUT2D eigenvalue weighted by molar-refractivity contribution is -0.0825. The topological polar surface area (TPSA) is 92.9 Å². The molecule has 2 fully saturated rings. The van der Waals surface area contributed by atoms with Gasteiger partial charge in [-0.2, -0.15) is 0 Å². The molecule has 0 unspecified atom stereocenters. The number of fused-ring (bicyclic) bond motifs is 2. The summed E-state index contributed by atoms with van der Waals surface area (Å²) in [5.41, 5.74) is 0.466. The first kappa shape index (κ1) is 15.5. The van der Waals surface area contributed by atoms with Crippen molar-refractivity contribution in [2.24, 2.45) is 0 Å². The number of rotatable bonds is 2. The third-order valence-corrected chi connectivity index (χ3v) is 5.43. The highest BCUT2D eigenvalue weighted by Crippen LogP contribution is 2.42. The Morgan fingerprint density at radius 1 is 1.42 bits per heavy atom. The van der Waals surface area contributed by atoms with E-state index in [1.807, 2.05) is 13.0 Å². The number of likely N-dealkylation sites (tertiary alicyclic amines) is 1. The van der Waals surface area contributed by atoms with Crippen molar-refractivity contribution in [1.29, 1.82) is 0 Å². The van der Waals surface area contributed by atoms with Crippen molar-refractivity contribution in [3.8, 4) is 0 Å². The van der Waals surface area contributed by atoms with Crippen molar-refractivity contribution in [3.05, 3.63) is 23.8 Å². The predicted molar refractivity (Wildman–Crippen MR) is 84.6 cm³/mol. The zero-order valence-corrected chi connectivity index (χ0v) is 13.8. The monoisotopic (exact) mass is 331 g/mol. The van der Waals surface area contributed by atoms with Crippen LogP contribution in [0, 0.1) is 6.92 Å². The molecule has 8 nitrogen and oxygen atoms in total. The van der Waals surface area contributed by atoms with Crippen LogP contribution < -0.4 is 0 Å². The van der Waals surface area contributed by atoms with Gasteiger partial charge in [0.2, 0.25) is 5.82 Å². The fraction of sp³-hybridized carbons (Fsp3) is 0.625. The van der Waals surface area contributed by atoms with Gasteiger partial charge in [0.1, 0.15) is 0 Å². The van der Waals surface area contributed by atoms with Crippen LogP contribution in [-0.4, -0.2) is 66.9 Å². The second-order valence-electron chi connectivity index (χ2n) is 6.72. The second-order valence-corrected chi connectivity index (χ2v) is 6.72. The average molecular weight is 331 g/mol. The van der Waals surface area contributed by atoms with E-state index in [0.29, 0.717) is 25.2 Å². The Kier molecular flexibility index (Phi) is 3.54. The number of methoxy groups -OCH3 is 1. The molecule has 1 amide bonds. The number of ether oxygens (including phenoxy) is 1. The summed E-state index contributed by atoms with van der Waals surface area (Å²) in [7, 11) is 1.69. The number of amides is 1. The number of carbonyl (C=O) groups excluding carboxylic acids is 1. The molecule has 2 aromatic heterocycles. The van der Waals surface area contributed by atoms with Crippen molar-refractivity contribution in [1.82, 2.24) is 24.5 Å². The minimum absolute atomic E-state index is 0.135. The molecule has 1 saturated carbocycles. The summed E-state index contributed by atoms with van der Waals surface area (Å²) in [4.78, 5) is 19.1. The molecule has 1 aliphatic heterocycles. The van der Waals surface area contributed by atoms with E-state index >= 15 is 0 Å². The zero-order chi connectivity index (χ0) is 16.9. The van der Waals surface area contributed by atoms with Crippen LogP contribution in [0.4, 0.5) is 0 Å². The molecular formula is C16H21N5O3. The van der Waals surface area contributed by atoms with E-state index in [1.165, 1.54) is 0 Å². The largest absolute Gasteiger partial charge is 0.393 e. The molecule has 4 rings (SSSR count). The van der Waals surface area contributed by atoms with Crippen LogP contribution in [0.3, 0.4) is 0 Å². The summed E-state index contributed by atoms with van der Waals surface area (Å²) in [6.45, 7) is 2.46. The number of aliphatic hydroxyl groups is 1. The minimum Gasteiger partial charge on any atom is -0.393 e. The van der Waals surface area contributed by atoms with Gasteiger partial charge in [0, 0.05) is 25.5 Å². The van der Waals surface area contributed by atoms with Gasteiger partial charge in [-0.15, -0.1) is 10.2 Å². The third-order valence-electron chi connectivity index (χ3n) is 5.43. The summed E-state index contributed by atoms with van der Waals surface area (Å²) in [6.07, 6.45) is 4.16. The molecular weight excluding hydrogens is 310 g/mol. The predicted octanol–water partition coefficient (Wildman–Crippen LogP) is 0.577. The Morgan fingerprint density at radius 3 is 3.04 bits per heavy atom. The first-order valence-electron chi connectivity index (χ1n) is 8.27. The molecule has 1 N–H and O–H groups in total. The van der Waals surface area contributed by atoms with Gasteiger partial charge in [-0.05, 0) is 38.7 Å². The van der Waals surface area contributed by atoms with Gasteiger partial charge < -0.3 is 14.7 Å². The summed E-state index contributed by atoms with van der Waals surface area (Å²) in [6, 6.07) is 1.69. The first-order valence-corrected chi connectivity index (χ1v) is 8.27. The number of aryl methyl sites for hydroxylation is 1. The molecule has 2 aliphatic rings. The Bertz CT molecular complexity index is 791. The molecule has 3 atom stereocenters. The average Bonchev–Trinajstić information content (AvgIpc) is 3.15. The van der Waals surface area contributed by atoms with Crippen LogP contribution in [0.1, 0.15) is 42.0 Å².